The van der Waals surface area contributed by atoms with E-state index in [1.165, 1.54) is 12.8 Å². The van der Waals surface area contributed by atoms with Crippen LogP contribution in [-0.4, -0.2) is 52.9 Å². The monoisotopic (exact) mass is 426 g/mol. The van der Waals surface area contributed by atoms with Crippen LogP contribution in [0.25, 0.3) is 5.65 Å². The molecule has 0 saturated carbocycles. The molecule has 3 fully saturated rings. The van der Waals surface area contributed by atoms with Gasteiger partial charge in [0, 0.05) is 37.1 Å². The van der Waals surface area contributed by atoms with E-state index >= 15 is 0 Å². The second-order valence-corrected chi connectivity index (χ2v) is 7.37. The van der Waals surface area contributed by atoms with E-state index < -0.39 is 0 Å². The van der Waals surface area contributed by atoms with Crippen LogP contribution in [0.15, 0.2) is 42.7 Å². The number of piperidine rings is 2. The maximum atomic E-state index is 12.8. The van der Waals surface area contributed by atoms with Crippen LogP contribution in [0, 0.1) is 6.92 Å². The van der Waals surface area contributed by atoms with Crippen molar-refractivity contribution in [2.45, 2.75) is 45.7 Å². The highest BCUT2D eigenvalue weighted by Crippen LogP contribution is 2.27. The summed E-state index contributed by atoms with van der Waals surface area (Å²) in [5.41, 5.74) is 2.90. The third-order valence-corrected chi connectivity index (χ3v) is 5.63. The first-order chi connectivity index (χ1) is 15.2. The van der Waals surface area contributed by atoms with Crippen molar-refractivity contribution in [2.75, 3.05) is 30.5 Å². The lowest BCUT2D eigenvalue weighted by Gasteiger charge is -2.46. The van der Waals surface area contributed by atoms with Crippen LogP contribution < -0.4 is 15.5 Å². The molecule has 2 unspecified atom stereocenters. The van der Waals surface area contributed by atoms with Crippen molar-refractivity contribution in [3.8, 4) is 0 Å². The fourth-order valence-electron chi connectivity index (χ4n) is 4.07. The number of amides is 1. The van der Waals surface area contributed by atoms with Gasteiger partial charge in [-0.2, -0.15) is 5.10 Å². The molecular weight excluding hydrogens is 395 g/mol. The molecule has 8 heteroatoms. The molecule has 7 nitrogen and oxygen atoms in total. The minimum absolute atomic E-state index is 0.189. The Hall–Kier alpha value is -3.00. The number of hydrogen-bond acceptors (Lipinski definition) is 5. The molecule has 31 heavy (non-hydrogen) atoms. The summed E-state index contributed by atoms with van der Waals surface area (Å²) in [6.45, 7) is 7.94. The Labute approximate surface area is 182 Å². The van der Waals surface area contributed by atoms with Crippen molar-refractivity contribution in [1.29, 1.82) is 0 Å². The number of para-hydroxylation sites is 1. The van der Waals surface area contributed by atoms with E-state index in [0.717, 1.165) is 30.2 Å². The smallest absolute Gasteiger partial charge is 0.261 e. The molecule has 2 atom stereocenters. The van der Waals surface area contributed by atoms with Crippen LogP contribution in [0.3, 0.4) is 0 Å². The number of aromatic nitrogens is 3. The summed E-state index contributed by atoms with van der Waals surface area (Å²) in [6, 6.07) is 10.7. The molecule has 6 rings (SSSR count). The topological polar surface area (TPSA) is 74.6 Å². The predicted molar refractivity (Wildman–Crippen MR) is 123 cm³/mol. The van der Waals surface area contributed by atoms with E-state index in [-0.39, 0.29) is 5.91 Å². The Balaban J connectivity index is 0.000000645. The number of nitrogens with zero attached hydrogens (tertiary/aromatic N) is 4. The van der Waals surface area contributed by atoms with Crippen molar-refractivity contribution in [3.63, 3.8) is 0 Å². The van der Waals surface area contributed by atoms with Crippen molar-refractivity contribution < 1.29 is 9.18 Å². The average molecular weight is 427 g/mol. The fraction of sp³-hybridized carbons (Fsp3) is 0.435. The van der Waals surface area contributed by atoms with Gasteiger partial charge in [0.15, 0.2) is 5.65 Å². The summed E-state index contributed by atoms with van der Waals surface area (Å²) >= 11 is 0. The molecule has 2 bridgehead atoms. The first-order valence-electron chi connectivity index (χ1n) is 10.8. The van der Waals surface area contributed by atoms with Gasteiger partial charge in [-0.15, -0.1) is 0 Å². The molecule has 1 aromatic carbocycles. The first kappa shape index (κ1) is 22.7. The number of carbonyl (C=O) groups excluding carboxylic acids is 1. The SMILES string of the molecule is CC.CF.Cc1ccccc1NC(=O)c1cnn2ccc(N3CC4CCC3CN4)nc12. The molecular formula is C23H31FN6O. The average Bonchev–Trinajstić information content (AvgIpc) is 3.27. The number of piperazine rings is 1. The fourth-order valence-corrected chi connectivity index (χ4v) is 4.07. The number of fused-ring (bicyclic) bond motifs is 4. The summed E-state index contributed by atoms with van der Waals surface area (Å²) in [7, 11) is 0.500. The van der Waals surface area contributed by atoms with E-state index in [0.29, 0.717) is 30.5 Å². The van der Waals surface area contributed by atoms with Gasteiger partial charge in [-0.25, -0.2) is 9.50 Å². The predicted octanol–water partition coefficient (Wildman–Crippen LogP) is 3.84. The van der Waals surface area contributed by atoms with Crippen LogP contribution in [0.4, 0.5) is 15.9 Å². The summed E-state index contributed by atoms with van der Waals surface area (Å²) in [5.74, 6) is 0.731. The van der Waals surface area contributed by atoms with Crippen molar-refractivity contribution in [2.24, 2.45) is 0 Å². The van der Waals surface area contributed by atoms with Gasteiger partial charge in [0.25, 0.3) is 5.91 Å². The number of aryl methyl sites for hydroxylation is 1. The van der Waals surface area contributed by atoms with Crippen LogP contribution in [-0.2, 0) is 0 Å². The van der Waals surface area contributed by atoms with E-state index in [2.05, 4.69) is 20.6 Å². The molecule has 2 N–H and O–H groups in total. The van der Waals surface area contributed by atoms with E-state index in [4.69, 9.17) is 4.98 Å². The third kappa shape index (κ3) is 4.69. The first-order valence-corrected chi connectivity index (χ1v) is 10.8. The van der Waals surface area contributed by atoms with E-state index in [1.807, 2.05) is 57.3 Å². The molecule has 0 aliphatic carbocycles. The molecule has 1 amide bonds. The Morgan fingerprint density at radius 2 is 1.97 bits per heavy atom. The second-order valence-electron chi connectivity index (χ2n) is 7.37. The van der Waals surface area contributed by atoms with Gasteiger partial charge >= 0.3 is 0 Å². The molecule has 166 valence electrons. The number of hydrogen-bond donors (Lipinski definition) is 2. The molecule has 3 aliphatic heterocycles. The number of anilines is 2. The number of nitrogens with one attached hydrogen (secondary N) is 2. The van der Waals surface area contributed by atoms with Gasteiger partial charge in [0.05, 0.1) is 13.4 Å². The maximum absolute atomic E-state index is 12.8. The molecule has 3 aliphatic rings. The van der Waals surface area contributed by atoms with Crippen LogP contribution >= 0.6 is 0 Å². The zero-order valence-corrected chi connectivity index (χ0v) is 18.6. The zero-order chi connectivity index (χ0) is 22.4. The summed E-state index contributed by atoms with van der Waals surface area (Å²) < 4.78 is 11.2. The largest absolute Gasteiger partial charge is 0.351 e. The number of carbonyl (C=O) groups is 1. The van der Waals surface area contributed by atoms with Crippen LogP contribution in [0.2, 0.25) is 0 Å². The molecule has 3 saturated heterocycles. The number of benzene rings is 1. The lowest BCUT2D eigenvalue weighted by molar-refractivity contribution is 0.102. The second kappa shape index (κ2) is 10.3. The van der Waals surface area contributed by atoms with Crippen molar-refractivity contribution in [3.05, 3.63) is 53.9 Å². The highest BCUT2D eigenvalue weighted by molar-refractivity contribution is 6.08. The summed E-state index contributed by atoms with van der Waals surface area (Å²) in [5, 5.41) is 10.8. The standard InChI is InChI=1S/C20H22N6O.C2H6.CH3F/c1-13-4-2-3-5-17(13)23-20(27)16-11-22-26-9-8-18(24-19(16)26)25-12-14-6-7-15(25)10-21-14;2*1-2/h2-5,8-9,11,14-15,21H,6-7,10,12H2,1H3,(H,23,27);1-2H3;1H3. The summed E-state index contributed by atoms with van der Waals surface area (Å²) in [4.78, 5) is 20.0. The van der Waals surface area contributed by atoms with E-state index in [1.54, 1.807) is 10.7 Å². The Morgan fingerprint density at radius 1 is 1.19 bits per heavy atom. The quantitative estimate of drug-likeness (QED) is 0.666. The van der Waals surface area contributed by atoms with Gasteiger partial charge < -0.3 is 15.5 Å². The van der Waals surface area contributed by atoms with Gasteiger partial charge in [-0.3, -0.25) is 9.18 Å². The van der Waals surface area contributed by atoms with Crippen LogP contribution in [0.5, 0.6) is 0 Å². The Kier molecular flexibility index (Phi) is 7.57. The lowest BCUT2D eigenvalue weighted by atomic mass is 9.93. The highest BCUT2D eigenvalue weighted by Gasteiger charge is 2.34. The van der Waals surface area contributed by atoms with Gasteiger partial charge in [0.2, 0.25) is 0 Å². The maximum Gasteiger partial charge on any atom is 0.261 e. The summed E-state index contributed by atoms with van der Waals surface area (Å²) in [6.07, 6.45) is 5.88. The van der Waals surface area contributed by atoms with Crippen molar-refractivity contribution in [1.82, 2.24) is 19.9 Å². The van der Waals surface area contributed by atoms with Gasteiger partial charge in [-0.1, -0.05) is 32.0 Å². The zero-order valence-electron chi connectivity index (χ0n) is 18.6. The molecule has 3 aromatic rings. The molecule has 0 spiro atoms. The van der Waals surface area contributed by atoms with Gasteiger partial charge in [-0.05, 0) is 37.5 Å². The highest BCUT2D eigenvalue weighted by atomic mass is 19.1. The van der Waals surface area contributed by atoms with Gasteiger partial charge in [0.1, 0.15) is 11.4 Å². The molecule has 2 aromatic heterocycles. The number of rotatable bonds is 3. The number of alkyl halides is 1. The molecule has 0 radical (unpaired) electrons. The van der Waals surface area contributed by atoms with Crippen LogP contribution in [0.1, 0.15) is 42.6 Å². The lowest BCUT2D eigenvalue weighted by Crippen LogP contribution is -2.61. The minimum atomic E-state index is -0.189. The minimum Gasteiger partial charge on any atom is -0.351 e. The molecule has 5 heterocycles. The Morgan fingerprint density at radius 3 is 2.61 bits per heavy atom. The van der Waals surface area contributed by atoms with Crippen molar-refractivity contribution >= 4 is 23.1 Å². The third-order valence-electron chi connectivity index (χ3n) is 5.63. The van der Waals surface area contributed by atoms with E-state index in [9.17, 15) is 9.18 Å². The number of halogens is 1. The normalized spacial score (nSPS) is 19.2. The Bertz CT molecular complexity index is 1010.